The molecule has 138 valence electrons. The van der Waals surface area contributed by atoms with Crippen molar-refractivity contribution < 1.29 is 23.8 Å². The summed E-state index contributed by atoms with van der Waals surface area (Å²) in [6.45, 7) is 6.04. The lowest BCUT2D eigenvalue weighted by Gasteiger charge is -2.31. The third kappa shape index (κ3) is 3.23. The number of hydrogen-bond acceptors (Lipinski definition) is 5. The number of carbonyl (C=O) groups is 2. The topological polar surface area (TPSA) is 61.8 Å². The van der Waals surface area contributed by atoms with E-state index in [4.69, 9.17) is 14.2 Å². The predicted octanol–water partition coefficient (Wildman–Crippen LogP) is 3.23. The van der Waals surface area contributed by atoms with Crippen LogP contribution in [0.3, 0.4) is 0 Å². The van der Waals surface area contributed by atoms with E-state index in [2.05, 4.69) is 6.58 Å². The fraction of sp³-hybridized carbons (Fsp3) is 0.800. The average molecular weight is 348 g/mol. The molecule has 4 rings (SSSR count). The Kier molecular flexibility index (Phi) is 4.61. The van der Waals surface area contributed by atoms with Gasteiger partial charge in [0, 0.05) is 12.0 Å². The van der Waals surface area contributed by atoms with E-state index in [1.807, 2.05) is 0 Å². The minimum atomic E-state index is -0.345. The Morgan fingerprint density at radius 3 is 2.52 bits per heavy atom. The fourth-order valence-corrected chi connectivity index (χ4v) is 5.60. The summed E-state index contributed by atoms with van der Waals surface area (Å²) in [6, 6.07) is 0. The second kappa shape index (κ2) is 6.75. The average Bonchev–Trinajstić information content (AvgIpc) is 3.26. The van der Waals surface area contributed by atoms with Crippen molar-refractivity contribution in [2.45, 2.75) is 64.3 Å². The normalized spacial score (nSPS) is 42.0. The van der Waals surface area contributed by atoms with Gasteiger partial charge in [-0.25, -0.2) is 4.79 Å². The highest BCUT2D eigenvalue weighted by molar-refractivity contribution is 5.87. The largest absolute Gasteiger partial charge is 0.459 e. The Morgan fingerprint density at radius 1 is 1.00 bits per heavy atom. The van der Waals surface area contributed by atoms with Crippen molar-refractivity contribution >= 4 is 11.9 Å². The first-order valence-electron chi connectivity index (χ1n) is 9.71. The van der Waals surface area contributed by atoms with Crippen LogP contribution in [0.25, 0.3) is 0 Å². The molecule has 3 saturated carbocycles. The second-order valence-corrected chi connectivity index (χ2v) is 8.35. The van der Waals surface area contributed by atoms with Crippen molar-refractivity contribution in [2.24, 2.45) is 29.6 Å². The molecule has 5 heteroatoms. The molecule has 25 heavy (non-hydrogen) atoms. The molecule has 0 radical (unpaired) electrons. The molecule has 0 aromatic carbocycles. The zero-order valence-corrected chi connectivity index (χ0v) is 14.9. The lowest BCUT2D eigenvalue weighted by molar-refractivity contribution is -0.191. The van der Waals surface area contributed by atoms with Gasteiger partial charge in [0.25, 0.3) is 0 Å². The third-order valence-corrected chi connectivity index (χ3v) is 6.73. The fourth-order valence-electron chi connectivity index (χ4n) is 5.60. The summed E-state index contributed by atoms with van der Waals surface area (Å²) in [7, 11) is 0. The third-order valence-electron chi connectivity index (χ3n) is 6.73. The maximum atomic E-state index is 12.5. The molecule has 2 bridgehead atoms. The van der Waals surface area contributed by atoms with E-state index < -0.39 is 0 Å². The lowest BCUT2D eigenvalue weighted by Crippen LogP contribution is -2.32. The maximum Gasteiger partial charge on any atom is 0.333 e. The highest BCUT2D eigenvalue weighted by Crippen LogP contribution is 2.61. The van der Waals surface area contributed by atoms with E-state index in [9.17, 15) is 9.59 Å². The Morgan fingerprint density at radius 2 is 1.80 bits per heavy atom. The SMILES string of the molecule is C=C(C)C(=O)OC1CC2CC1C1CC(C(=O)OC3CCCCO3)CC21. The van der Waals surface area contributed by atoms with Gasteiger partial charge in [-0.15, -0.1) is 0 Å². The van der Waals surface area contributed by atoms with Crippen LogP contribution in [0.5, 0.6) is 0 Å². The van der Waals surface area contributed by atoms with Gasteiger partial charge in [0.2, 0.25) is 6.29 Å². The predicted molar refractivity (Wildman–Crippen MR) is 90.3 cm³/mol. The van der Waals surface area contributed by atoms with Crippen molar-refractivity contribution in [1.29, 1.82) is 0 Å². The van der Waals surface area contributed by atoms with Crippen LogP contribution in [-0.2, 0) is 23.8 Å². The van der Waals surface area contributed by atoms with Crippen molar-refractivity contribution in [2.75, 3.05) is 6.61 Å². The molecule has 7 unspecified atom stereocenters. The first-order chi connectivity index (χ1) is 12.0. The van der Waals surface area contributed by atoms with E-state index in [1.165, 1.54) is 0 Å². The molecule has 1 aliphatic heterocycles. The molecule has 0 aromatic rings. The summed E-state index contributed by atoms with van der Waals surface area (Å²) in [5, 5.41) is 0. The number of esters is 2. The minimum Gasteiger partial charge on any atom is -0.459 e. The van der Waals surface area contributed by atoms with Crippen LogP contribution < -0.4 is 0 Å². The summed E-state index contributed by atoms with van der Waals surface area (Å²) in [5.41, 5.74) is 0.458. The van der Waals surface area contributed by atoms with Gasteiger partial charge < -0.3 is 14.2 Å². The van der Waals surface area contributed by atoms with Crippen LogP contribution in [0.4, 0.5) is 0 Å². The van der Waals surface area contributed by atoms with E-state index in [-0.39, 0.29) is 30.3 Å². The zero-order chi connectivity index (χ0) is 17.6. The van der Waals surface area contributed by atoms with Crippen molar-refractivity contribution in [1.82, 2.24) is 0 Å². The molecule has 4 fully saturated rings. The monoisotopic (exact) mass is 348 g/mol. The van der Waals surface area contributed by atoms with Crippen molar-refractivity contribution in [3.05, 3.63) is 12.2 Å². The molecule has 0 aromatic heterocycles. The molecule has 5 nitrogen and oxygen atoms in total. The molecule has 1 saturated heterocycles. The van der Waals surface area contributed by atoms with E-state index in [0.29, 0.717) is 35.9 Å². The van der Waals surface area contributed by atoms with Crippen LogP contribution in [0.1, 0.15) is 51.9 Å². The molecule has 7 atom stereocenters. The summed E-state index contributed by atoms with van der Waals surface area (Å²) >= 11 is 0. The maximum absolute atomic E-state index is 12.5. The van der Waals surface area contributed by atoms with Gasteiger partial charge >= 0.3 is 11.9 Å². The summed E-state index contributed by atoms with van der Waals surface area (Å²) < 4.78 is 16.8. The summed E-state index contributed by atoms with van der Waals surface area (Å²) in [6.07, 6.45) is 6.47. The number of hydrogen-bond donors (Lipinski definition) is 0. The Hall–Kier alpha value is -1.36. The molecular formula is C20H28O5. The van der Waals surface area contributed by atoms with E-state index >= 15 is 0 Å². The van der Waals surface area contributed by atoms with Crippen LogP contribution in [0, 0.1) is 29.6 Å². The van der Waals surface area contributed by atoms with Crippen LogP contribution in [0.15, 0.2) is 12.2 Å². The molecule has 0 amide bonds. The minimum absolute atomic E-state index is 0.00639. The Balaban J connectivity index is 1.34. The van der Waals surface area contributed by atoms with Gasteiger partial charge in [0.1, 0.15) is 6.10 Å². The van der Waals surface area contributed by atoms with Crippen LogP contribution in [0.2, 0.25) is 0 Å². The summed E-state index contributed by atoms with van der Waals surface area (Å²) in [4.78, 5) is 24.4. The van der Waals surface area contributed by atoms with Crippen LogP contribution in [-0.4, -0.2) is 30.9 Å². The second-order valence-electron chi connectivity index (χ2n) is 8.35. The van der Waals surface area contributed by atoms with Crippen molar-refractivity contribution in [3.8, 4) is 0 Å². The van der Waals surface area contributed by atoms with Gasteiger partial charge in [-0.05, 0) is 69.1 Å². The van der Waals surface area contributed by atoms with Gasteiger partial charge in [0.05, 0.1) is 12.5 Å². The number of rotatable bonds is 4. The first-order valence-corrected chi connectivity index (χ1v) is 9.71. The Bertz CT molecular complexity index is 564. The van der Waals surface area contributed by atoms with Gasteiger partial charge in [-0.2, -0.15) is 0 Å². The molecule has 1 heterocycles. The molecule has 0 N–H and O–H groups in total. The van der Waals surface area contributed by atoms with Gasteiger partial charge in [-0.3, -0.25) is 4.79 Å². The van der Waals surface area contributed by atoms with Crippen LogP contribution >= 0.6 is 0 Å². The summed E-state index contributed by atoms with van der Waals surface area (Å²) in [5.74, 6) is 1.69. The smallest absolute Gasteiger partial charge is 0.333 e. The zero-order valence-electron chi connectivity index (χ0n) is 14.9. The highest BCUT2D eigenvalue weighted by Gasteiger charge is 2.58. The number of fused-ring (bicyclic) bond motifs is 5. The molecule has 0 spiro atoms. The lowest BCUT2D eigenvalue weighted by atomic mass is 9.80. The molecular weight excluding hydrogens is 320 g/mol. The van der Waals surface area contributed by atoms with Gasteiger partial charge in [0.15, 0.2) is 0 Å². The molecule has 3 aliphatic carbocycles. The van der Waals surface area contributed by atoms with Crippen molar-refractivity contribution in [3.63, 3.8) is 0 Å². The Labute approximate surface area is 149 Å². The number of ether oxygens (including phenoxy) is 3. The standard InChI is InChI=1S/C20H28O5/c1-11(2)19(21)24-17-10-12-7-16(17)15-9-13(8-14(12)15)20(22)25-18-5-3-4-6-23-18/h12-18H,1,3-10H2,2H3. The van der Waals surface area contributed by atoms with E-state index in [1.54, 1.807) is 6.92 Å². The quantitative estimate of drug-likeness (QED) is 0.577. The number of carbonyl (C=O) groups excluding carboxylic acids is 2. The first kappa shape index (κ1) is 17.1. The van der Waals surface area contributed by atoms with Gasteiger partial charge in [-0.1, -0.05) is 6.58 Å². The van der Waals surface area contributed by atoms with E-state index in [0.717, 1.165) is 44.9 Å². The molecule has 4 aliphatic rings. The highest BCUT2D eigenvalue weighted by atomic mass is 16.7.